The van der Waals surface area contributed by atoms with Crippen LogP contribution in [0.4, 0.5) is 0 Å². The molecule has 0 bridgehead atoms. The topological polar surface area (TPSA) is 46.1 Å². The highest BCUT2D eigenvalue weighted by Gasteiger charge is 2.14. The number of aromatic nitrogens is 2. The zero-order chi connectivity index (χ0) is 12.1. The minimum absolute atomic E-state index is 0.292. The molecule has 1 aromatic heterocycles. The van der Waals surface area contributed by atoms with E-state index in [9.17, 15) is 4.79 Å². The molecule has 1 aromatic carbocycles. The fourth-order valence-electron chi connectivity index (χ4n) is 1.71. The maximum Gasteiger partial charge on any atom is 0.222 e. The fraction of sp³-hybridized carbons (Fsp3) is 0.308. The van der Waals surface area contributed by atoms with E-state index < -0.39 is 0 Å². The Labute approximate surface area is 100 Å². The number of rotatable bonds is 0. The van der Waals surface area contributed by atoms with Gasteiger partial charge in [-0.3, -0.25) is 4.79 Å². The van der Waals surface area contributed by atoms with Crippen LogP contribution in [0.3, 0.4) is 0 Å². The lowest BCUT2D eigenvalue weighted by molar-refractivity contribution is -0.126. The molecule has 2 heterocycles. The summed E-state index contributed by atoms with van der Waals surface area (Å²) >= 11 is 0. The highest BCUT2D eigenvalue weighted by atomic mass is 16.2. The molecular weight excluding hydrogens is 214 g/mol. The average Bonchev–Trinajstić information content (AvgIpc) is 2.75. The maximum atomic E-state index is 10.5. The number of amides is 1. The zero-order valence-corrected chi connectivity index (χ0v) is 9.84. The average molecular weight is 229 g/mol. The molecule has 4 heteroatoms. The van der Waals surface area contributed by atoms with E-state index in [1.165, 1.54) is 0 Å². The third-order valence-electron chi connectivity index (χ3n) is 2.72. The molecule has 0 radical (unpaired) electrons. The van der Waals surface area contributed by atoms with Crippen LogP contribution in [0.25, 0.3) is 10.9 Å². The minimum Gasteiger partial charge on any atom is -0.346 e. The molecule has 1 fully saturated rings. The van der Waals surface area contributed by atoms with Crippen LogP contribution in [0.1, 0.15) is 12.8 Å². The Hall–Kier alpha value is -1.97. The van der Waals surface area contributed by atoms with Crippen LogP contribution in [0.15, 0.2) is 36.8 Å². The van der Waals surface area contributed by atoms with Gasteiger partial charge in [0, 0.05) is 31.6 Å². The Morgan fingerprint density at radius 2 is 2.12 bits per heavy atom. The van der Waals surface area contributed by atoms with Gasteiger partial charge in [0.1, 0.15) is 6.33 Å². The van der Waals surface area contributed by atoms with Crippen molar-refractivity contribution in [3.05, 3.63) is 36.8 Å². The van der Waals surface area contributed by atoms with Gasteiger partial charge in [0.05, 0.1) is 5.52 Å². The quantitative estimate of drug-likeness (QED) is 0.692. The molecule has 3 rings (SSSR count). The predicted octanol–water partition coefficient (Wildman–Crippen LogP) is 1.87. The highest BCUT2D eigenvalue weighted by molar-refractivity contribution is 5.77. The van der Waals surface area contributed by atoms with Gasteiger partial charge in [-0.1, -0.05) is 18.2 Å². The number of likely N-dealkylation sites (tertiary alicyclic amines) is 1. The summed E-state index contributed by atoms with van der Waals surface area (Å²) in [6, 6.07) is 7.91. The molecule has 0 spiro atoms. The first kappa shape index (κ1) is 11.5. The second-order valence-electron chi connectivity index (χ2n) is 4.00. The Balaban J connectivity index is 0.000000136. The van der Waals surface area contributed by atoms with E-state index >= 15 is 0 Å². The van der Waals surface area contributed by atoms with Crippen LogP contribution in [0, 0.1) is 0 Å². The number of fused-ring (bicyclic) bond motifs is 1. The van der Waals surface area contributed by atoms with Crippen molar-refractivity contribution >= 4 is 16.8 Å². The first-order valence-electron chi connectivity index (χ1n) is 5.66. The van der Waals surface area contributed by atoms with Crippen molar-refractivity contribution in [2.24, 2.45) is 0 Å². The Morgan fingerprint density at radius 3 is 2.71 bits per heavy atom. The Bertz CT molecular complexity index is 447. The molecule has 4 nitrogen and oxygen atoms in total. The molecule has 0 unspecified atom stereocenters. The van der Waals surface area contributed by atoms with Gasteiger partial charge in [0.25, 0.3) is 0 Å². The lowest BCUT2D eigenvalue weighted by atomic mass is 10.2. The van der Waals surface area contributed by atoms with Gasteiger partial charge in [-0.05, 0) is 12.5 Å². The third-order valence-corrected chi connectivity index (χ3v) is 2.72. The van der Waals surface area contributed by atoms with E-state index in [2.05, 4.69) is 9.97 Å². The predicted molar refractivity (Wildman–Crippen MR) is 66.4 cm³/mol. The summed E-state index contributed by atoms with van der Waals surface area (Å²) < 4.78 is 0. The molecule has 1 aliphatic heterocycles. The lowest BCUT2D eigenvalue weighted by Crippen LogP contribution is -2.17. The molecule has 0 N–H and O–H groups in total. The Morgan fingerprint density at radius 1 is 1.29 bits per heavy atom. The monoisotopic (exact) mass is 229 g/mol. The SMILES string of the molecule is CN1CCCC1=O.c1ccc2ncncc2c1. The first-order valence-corrected chi connectivity index (χ1v) is 5.66. The van der Waals surface area contributed by atoms with E-state index in [4.69, 9.17) is 0 Å². The van der Waals surface area contributed by atoms with Crippen molar-refractivity contribution in [3.63, 3.8) is 0 Å². The number of hydrogen-bond acceptors (Lipinski definition) is 3. The molecule has 17 heavy (non-hydrogen) atoms. The molecule has 0 atom stereocenters. The van der Waals surface area contributed by atoms with E-state index in [0.29, 0.717) is 5.91 Å². The van der Waals surface area contributed by atoms with E-state index in [0.717, 1.165) is 30.3 Å². The van der Waals surface area contributed by atoms with Crippen molar-refractivity contribution in [1.29, 1.82) is 0 Å². The molecule has 1 amide bonds. The van der Waals surface area contributed by atoms with Crippen LogP contribution in [-0.2, 0) is 4.79 Å². The van der Waals surface area contributed by atoms with Gasteiger partial charge in [-0.2, -0.15) is 0 Å². The fourth-order valence-corrected chi connectivity index (χ4v) is 1.71. The van der Waals surface area contributed by atoms with Gasteiger partial charge in [-0.15, -0.1) is 0 Å². The first-order chi connectivity index (χ1) is 8.27. The Kier molecular flexibility index (Phi) is 3.65. The molecule has 1 saturated heterocycles. The standard InChI is InChI=1S/C8H6N2.C5H9NO/c1-2-4-8-7(3-1)5-9-6-10-8;1-6-4-2-3-5(6)7/h1-6H;2-4H2,1H3. The van der Waals surface area contributed by atoms with Crippen LogP contribution < -0.4 is 0 Å². The van der Waals surface area contributed by atoms with Gasteiger partial charge in [-0.25, -0.2) is 9.97 Å². The smallest absolute Gasteiger partial charge is 0.222 e. The molecule has 1 aliphatic rings. The van der Waals surface area contributed by atoms with Crippen LogP contribution in [-0.4, -0.2) is 34.4 Å². The maximum absolute atomic E-state index is 10.5. The van der Waals surface area contributed by atoms with Crippen molar-refractivity contribution in [2.75, 3.05) is 13.6 Å². The highest BCUT2D eigenvalue weighted by Crippen LogP contribution is 2.06. The van der Waals surface area contributed by atoms with Gasteiger partial charge in [0.15, 0.2) is 0 Å². The summed E-state index contributed by atoms with van der Waals surface area (Å²) in [6.45, 7) is 0.957. The van der Waals surface area contributed by atoms with Gasteiger partial charge < -0.3 is 4.90 Å². The largest absolute Gasteiger partial charge is 0.346 e. The zero-order valence-electron chi connectivity index (χ0n) is 9.84. The van der Waals surface area contributed by atoms with Crippen molar-refractivity contribution in [3.8, 4) is 0 Å². The van der Waals surface area contributed by atoms with Crippen molar-refractivity contribution in [1.82, 2.24) is 14.9 Å². The van der Waals surface area contributed by atoms with E-state index in [-0.39, 0.29) is 0 Å². The molecule has 0 saturated carbocycles. The molecule has 88 valence electrons. The summed E-state index contributed by atoms with van der Waals surface area (Å²) in [5.41, 5.74) is 0.998. The number of carbonyl (C=O) groups excluding carboxylic acids is 1. The molecule has 0 aliphatic carbocycles. The second kappa shape index (κ2) is 5.39. The third kappa shape index (κ3) is 3.00. The van der Waals surface area contributed by atoms with Gasteiger partial charge in [0.2, 0.25) is 5.91 Å². The van der Waals surface area contributed by atoms with E-state index in [1.54, 1.807) is 11.2 Å². The number of hydrogen-bond donors (Lipinski definition) is 0. The number of para-hydroxylation sites is 1. The minimum atomic E-state index is 0.292. The van der Waals surface area contributed by atoms with Gasteiger partial charge >= 0.3 is 0 Å². The lowest BCUT2D eigenvalue weighted by Gasteiger charge is -2.03. The normalized spacial score (nSPS) is 14.6. The summed E-state index contributed by atoms with van der Waals surface area (Å²) in [7, 11) is 1.84. The van der Waals surface area contributed by atoms with Crippen molar-refractivity contribution in [2.45, 2.75) is 12.8 Å². The van der Waals surface area contributed by atoms with Crippen molar-refractivity contribution < 1.29 is 4.79 Å². The summed E-state index contributed by atoms with van der Waals surface area (Å²) in [6.07, 6.45) is 5.18. The van der Waals surface area contributed by atoms with Crippen LogP contribution in [0.2, 0.25) is 0 Å². The van der Waals surface area contributed by atoms with Crippen LogP contribution in [0.5, 0.6) is 0 Å². The van der Waals surface area contributed by atoms with E-state index in [1.807, 2.05) is 37.5 Å². The summed E-state index contributed by atoms with van der Waals surface area (Å²) in [5, 5.41) is 1.09. The summed E-state index contributed by atoms with van der Waals surface area (Å²) in [5.74, 6) is 0.292. The second-order valence-corrected chi connectivity index (χ2v) is 4.00. The molecular formula is C13H15N3O. The number of nitrogens with zero attached hydrogens (tertiary/aromatic N) is 3. The summed E-state index contributed by atoms with van der Waals surface area (Å²) in [4.78, 5) is 20.2. The number of carbonyl (C=O) groups is 1. The molecule has 2 aromatic rings. The van der Waals surface area contributed by atoms with Crippen LogP contribution >= 0.6 is 0 Å². The number of benzene rings is 1.